The second-order valence-electron chi connectivity index (χ2n) is 3.26. The monoisotopic (exact) mass is 271 g/mol. The average molecular weight is 271 g/mol. The molecule has 1 aromatic rings. The first-order valence-corrected chi connectivity index (χ1v) is 6.40. The summed E-state index contributed by atoms with van der Waals surface area (Å²) in [7, 11) is -4.20. The van der Waals surface area contributed by atoms with E-state index in [1.54, 1.807) is 0 Å². The molecule has 2 heterocycles. The largest absolute Gasteiger partial charge is 0.504 e. The molecule has 0 aliphatic carbocycles. The maximum atomic E-state index is 11.8. The van der Waals surface area contributed by atoms with Crippen LogP contribution in [0.5, 0.6) is 0 Å². The predicted molar refractivity (Wildman–Crippen MR) is 60.8 cm³/mol. The van der Waals surface area contributed by atoms with Crippen LogP contribution >= 0.6 is 0 Å². The molecule has 1 aliphatic heterocycles. The smallest absolute Gasteiger partial charge is 0.355 e. The van der Waals surface area contributed by atoms with Crippen LogP contribution in [-0.4, -0.2) is 36.1 Å². The summed E-state index contributed by atoms with van der Waals surface area (Å²) in [6.07, 6.45) is 2.52. The quantitative estimate of drug-likeness (QED) is 0.728. The summed E-state index contributed by atoms with van der Waals surface area (Å²) < 4.78 is 30.2. The first-order chi connectivity index (χ1) is 8.47. The van der Waals surface area contributed by atoms with Gasteiger partial charge in [0.2, 0.25) is 4.91 Å². The molecule has 0 saturated heterocycles. The highest BCUT2D eigenvalue weighted by Gasteiger charge is 2.38. The van der Waals surface area contributed by atoms with Crippen LogP contribution in [0.1, 0.15) is 12.6 Å². The van der Waals surface area contributed by atoms with Gasteiger partial charge in [0.25, 0.3) is 10.0 Å². The van der Waals surface area contributed by atoms with Crippen molar-refractivity contribution in [2.45, 2.75) is 6.92 Å². The topological polar surface area (TPSA) is 118 Å². The highest BCUT2D eigenvalue weighted by molar-refractivity contribution is 7.97. The molecule has 18 heavy (non-hydrogen) atoms. The summed E-state index contributed by atoms with van der Waals surface area (Å²) in [6.45, 7) is 1.50. The number of esters is 1. The SMILES string of the molecule is CCOC(=O)C1=C(O)c2nccnc2NS1(=O)=O. The molecule has 0 bridgehead atoms. The van der Waals surface area contributed by atoms with E-state index >= 15 is 0 Å². The number of carbonyl (C=O) groups is 1. The van der Waals surface area contributed by atoms with E-state index in [1.807, 2.05) is 4.72 Å². The van der Waals surface area contributed by atoms with E-state index in [4.69, 9.17) is 0 Å². The number of nitrogens with zero attached hydrogens (tertiary/aromatic N) is 2. The lowest BCUT2D eigenvalue weighted by Gasteiger charge is -2.18. The highest BCUT2D eigenvalue weighted by atomic mass is 32.2. The number of carbonyl (C=O) groups excluding carboxylic acids is 1. The van der Waals surface area contributed by atoms with Gasteiger partial charge in [-0.2, -0.15) is 0 Å². The van der Waals surface area contributed by atoms with Crippen LogP contribution in [0.4, 0.5) is 5.82 Å². The van der Waals surface area contributed by atoms with Gasteiger partial charge in [0.15, 0.2) is 11.6 Å². The van der Waals surface area contributed by atoms with Gasteiger partial charge in [-0.05, 0) is 6.92 Å². The molecule has 8 nitrogen and oxygen atoms in total. The molecule has 2 rings (SSSR count). The lowest BCUT2D eigenvalue weighted by molar-refractivity contribution is -0.137. The molecule has 9 heteroatoms. The third-order valence-corrected chi connectivity index (χ3v) is 3.46. The van der Waals surface area contributed by atoms with Crippen molar-refractivity contribution in [1.82, 2.24) is 9.97 Å². The number of aliphatic hydroxyl groups is 1. The van der Waals surface area contributed by atoms with Gasteiger partial charge in [-0.3, -0.25) is 4.72 Å². The Morgan fingerprint density at radius 1 is 1.44 bits per heavy atom. The molecule has 0 unspecified atom stereocenters. The van der Waals surface area contributed by atoms with E-state index in [9.17, 15) is 18.3 Å². The number of aliphatic hydroxyl groups excluding tert-OH is 1. The van der Waals surface area contributed by atoms with E-state index in [0.29, 0.717) is 0 Å². The van der Waals surface area contributed by atoms with Gasteiger partial charge in [-0.25, -0.2) is 23.2 Å². The Morgan fingerprint density at radius 2 is 2.11 bits per heavy atom. The minimum atomic E-state index is -4.20. The zero-order valence-corrected chi connectivity index (χ0v) is 10.1. The lowest BCUT2D eigenvalue weighted by atomic mass is 10.3. The van der Waals surface area contributed by atoms with Crippen LogP contribution in [0.25, 0.3) is 5.76 Å². The predicted octanol–water partition coefficient (Wildman–Crippen LogP) is 0.0216. The number of nitrogens with one attached hydrogen (secondary N) is 1. The zero-order chi connectivity index (χ0) is 13.3. The maximum Gasteiger partial charge on any atom is 0.355 e. The average Bonchev–Trinajstić information content (AvgIpc) is 2.28. The molecular weight excluding hydrogens is 262 g/mol. The molecule has 1 aromatic heterocycles. The van der Waals surface area contributed by atoms with E-state index in [0.717, 1.165) is 0 Å². The fourth-order valence-electron chi connectivity index (χ4n) is 1.40. The van der Waals surface area contributed by atoms with Crippen LogP contribution in [0.3, 0.4) is 0 Å². The Balaban J connectivity index is 2.64. The van der Waals surface area contributed by atoms with Gasteiger partial charge in [-0.1, -0.05) is 0 Å². The number of sulfonamides is 1. The fourth-order valence-corrected chi connectivity index (χ4v) is 2.54. The first-order valence-electron chi connectivity index (χ1n) is 4.92. The Morgan fingerprint density at radius 3 is 2.78 bits per heavy atom. The van der Waals surface area contributed by atoms with Gasteiger partial charge in [0.05, 0.1) is 6.61 Å². The molecule has 0 amide bonds. The van der Waals surface area contributed by atoms with Crippen LogP contribution in [0, 0.1) is 0 Å². The van der Waals surface area contributed by atoms with E-state index in [-0.39, 0.29) is 18.1 Å². The second-order valence-corrected chi connectivity index (χ2v) is 4.88. The summed E-state index contributed by atoms with van der Waals surface area (Å²) >= 11 is 0. The minimum absolute atomic E-state index is 0.0154. The molecular formula is C9H9N3O5S. The van der Waals surface area contributed by atoms with Crippen molar-refractivity contribution in [3.05, 3.63) is 23.0 Å². The second kappa shape index (κ2) is 4.26. The number of rotatable bonds is 2. The lowest BCUT2D eigenvalue weighted by Crippen LogP contribution is -2.28. The van der Waals surface area contributed by atoms with Crippen molar-refractivity contribution in [1.29, 1.82) is 0 Å². The Bertz CT molecular complexity index is 637. The summed E-state index contributed by atoms with van der Waals surface area (Å²) in [5, 5.41) is 9.81. The molecule has 0 atom stereocenters. The molecule has 0 radical (unpaired) electrons. The number of fused-ring (bicyclic) bond motifs is 1. The van der Waals surface area contributed by atoms with Crippen LogP contribution in [0.2, 0.25) is 0 Å². The van der Waals surface area contributed by atoms with Crippen LogP contribution in [0.15, 0.2) is 17.3 Å². The van der Waals surface area contributed by atoms with Gasteiger partial charge >= 0.3 is 5.97 Å². The Kier molecular flexibility index (Phi) is 2.91. The van der Waals surface area contributed by atoms with Crippen LogP contribution < -0.4 is 4.72 Å². The molecule has 96 valence electrons. The number of hydrogen-bond acceptors (Lipinski definition) is 7. The van der Waals surface area contributed by atoms with Crippen molar-refractivity contribution in [2.75, 3.05) is 11.3 Å². The summed E-state index contributed by atoms with van der Waals surface area (Å²) in [5.74, 6) is -2.04. The summed E-state index contributed by atoms with van der Waals surface area (Å²) in [4.78, 5) is 18.1. The molecule has 0 aromatic carbocycles. The maximum absolute atomic E-state index is 11.8. The van der Waals surface area contributed by atoms with Crippen molar-refractivity contribution in [2.24, 2.45) is 0 Å². The third-order valence-electron chi connectivity index (χ3n) is 2.10. The first kappa shape index (κ1) is 12.3. The number of aromatic nitrogens is 2. The van der Waals surface area contributed by atoms with Crippen LogP contribution in [-0.2, 0) is 19.6 Å². The van der Waals surface area contributed by atoms with E-state index in [2.05, 4.69) is 14.7 Å². The minimum Gasteiger partial charge on any atom is -0.504 e. The van der Waals surface area contributed by atoms with Crippen molar-refractivity contribution < 1.29 is 23.1 Å². The van der Waals surface area contributed by atoms with Crippen molar-refractivity contribution in [3.8, 4) is 0 Å². The number of ether oxygens (including phenoxy) is 1. The van der Waals surface area contributed by atoms with Gasteiger partial charge in [-0.15, -0.1) is 0 Å². The molecule has 1 aliphatic rings. The highest BCUT2D eigenvalue weighted by Crippen LogP contribution is 2.30. The van der Waals surface area contributed by atoms with Gasteiger partial charge in [0.1, 0.15) is 5.69 Å². The molecule has 2 N–H and O–H groups in total. The Hall–Kier alpha value is -2.16. The normalized spacial score (nSPS) is 16.7. The summed E-state index contributed by atoms with van der Waals surface area (Å²) in [5.41, 5.74) is -0.115. The van der Waals surface area contributed by atoms with E-state index < -0.39 is 26.7 Å². The molecule has 0 spiro atoms. The van der Waals surface area contributed by atoms with Gasteiger partial charge < -0.3 is 9.84 Å². The molecule has 0 saturated carbocycles. The van der Waals surface area contributed by atoms with Crippen molar-refractivity contribution >= 4 is 27.6 Å². The van der Waals surface area contributed by atoms with Gasteiger partial charge in [0, 0.05) is 12.4 Å². The third kappa shape index (κ3) is 1.88. The van der Waals surface area contributed by atoms with E-state index in [1.165, 1.54) is 19.3 Å². The molecule has 0 fully saturated rings. The standard InChI is InChI=1S/C9H9N3O5S/c1-2-17-9(14)7-6(13)5-8(11-4-3-10-5)12-18(7,15)16/h3-4,13H,2H2,1H3,(H,11,12). The number of hydrogen-bond donors (Lipinski definition) is 2. The van der Waals surface area contributed by atoms with Crippen molar-refractivity contribution in [3.63, 3.8) is 0 Å². The summed E-state index contributed by atoms with van der Waals surface area (Å²) in [6, 6.07) is 0. The zero-order valence-electron chi connectivity index (χ0n) is 9.24. The Labute approximate surface area is 102 Å². The fraction of sp³-hybridized carbons (Fsp3) is 0.222. The number of anilines is 1.